The minimum absolute atomic E-state index is 0.0172. The molecule has 13 heteroatoms. The molecule has 12 nitrogen and oxygen atoms in total. The number of aromatic amines is 1. The van der Waals surface area contributed by atoms with E-state index in [0.29, 0.717) is 61.1 Å². The number of rotatable bonds is 20. The van der Waals surface area contributed by atoms with Crippen molar-refractivity contribution in [3.05, 3.63) is 12.4 Å². The highest BCUT2D eigenvalue weighted by atomic mass is 28.2. The van der Waals surface area contributed by atoms with E-state index < -0.39 is 23.8 Å². The number of nitrogens with two attached hydrogens (primary N) is 1. The molecule has 7 N–H and O–H groups in total. The standard InChI is InChI=1S/C27H49N7O5Si/c1-4-21(26(37)30-9-5-13-34-14-12-32-33-34)18-22(16-19(2)25(28)36)27(38)31-11-10-29-23-7-6-20(17-24(23)35)8-15-40-39-3/h12,14,19-24,29,35H,4-11,13,15-18H2,1-3H3,(H4,28,30,31,36,37,38)/p+1. The lowest BCUT2D eigenvalue weighted by Crippen LogP contribution is -2.47. The Hall–Kier alpha value is -2.35. The summed E-state index contributed by atoms with van der Waals surface area (Å²) in [5, 5.41) is 26.6. The van der Waals surface area contributed by atoms with Crippen LogP contribution in [0.25, 0.3) is 0 Å². The highest BCUT2D eigenvalue weighted by Gasteiger charge is 2.30. The molecule has 1 heterocycles. The first kappa shape index (κ1) is 33.9. The Balaban J connectivity index is 1.79. The van der Waals surface area contributed by atoms with Crippen LogP contribution in [0, 0.1) is 23.7 Å². The van der Waals surface area contributed by atoms with E-state index in [1.807, 2.05) is 17.8 Å². The number of carbonyl (C=O) groups is 3. The molecular weight excluding hydrogens is 530 g/mol. The van der Waals surface area contributed by atoms with E-state index >= 15 is 0 Å². The summed E-state index contributed by atoms with van der Waals surface area (Å²) in [4.78, 5) is 37.8. The average molecular weight is 581 g/mol. The van der Waals surface area contributed by atoms with Gasteiger partial charge >= 0.3 is 0 Å². The third kappa shape index (κ3) is 12.4. The smallest absolute Gasteiger partial charge is 0.229 e. The number of H-pyrrole nitrogens is 1. The van der Waals surface area contributed by atoms with Gasteiger partial charge in [0.05, 0.1) is 6.10 Å². The lowest BCUT2D eigenvalue weighted by molar-refractivity contribution is -0.753. The Morgan fingerprint density at radius 2 is 1.93 bits per heavy atom. The van der Waals surface area contributed by atoms with E-state index in [2.05, 4.69) is 26.3 Å². The van der Waals surface area contributed by atoms with Gasteiger partial charge in [-0.3, -0.25) is 14.4 Å². The van der Waals surface area contributed by atoms with E-state index in [1.54, 1.807) is 20.2 Å². The Morgan fingerprint density at radius 1 is 1.18 bits per heavy atom. The summed E-state index contributed by atoms with van der Waals surface area (Å²) < 4.78 is 6.99. The highest BCUT2D eigenvalue weighted by molar-refractivity contribution is 6.26. The Bertz CT molecular complexity index is 875. The van der Waals surface area contributed by atoms with Crippen molar-refractivity contribution in [3.8, 4) is 0 Å². The monoisotopic (exact) mass is 580 g/mol. The van der Waals surface area contributed by atoms with Crippen LogP contribution in [0.15, 0.2) is 12.4 Å². The number of amides is 3. The van der Waals surface area contributed by atoms with E-state index in [-0.39, 0.29) is 23.8 Å². The molecule has 1 saturated carbocycles. The summed E-state index contributed by atoms with van der Waals surface area (Å²) in [6.45, 7) is 5.80. The van der Waals surface area contributed by atoms with Crippen LogP contribution in [0.2, 0.25) is 6.04 Å². The Labute approximate surface area is 240 Å². The average Bonchev–Trinajstić information content (AvgIpc) is 3.45. The minimum atomic E-state index is -0.507. The third-order valence-electron chi connectivity index (χ3n) is 7.86. The summed E-state index contributed by atoms with van der Waals surface area (Å²) >= 11 is 0. The number of primary amides is 1. The van der Waals surface area contributed by atoms with Gasteiger partial charge in [-0.25, -0.2) is 0 Å². The molecule has 3 amide bonds. The molecule has 1 aliphatic rings. The lowest BCUT2D eigenvalue weighted by Gasteiger charge is -2.34. The van der Waals surface area contributed by atoms with Gasteiger partial charge in [-0.2, -0.15) is 4.68 Å². The van der Waals surface area contributed by atoms with Crippen molar-refractivity contribution in [2.24, 2.45) is 29.4 Å². The van der Waals surface area contributed by atoms with Gasteiger partial charge in [-0.1, -0.05) is 25.5 Å². The van der Waals surface area contributed by atoms with Gasteiger partial charge in [0.2, 0.25) is 33.7 Å². The second-order valence-corrected chi connectivity index (χ2v) is 12.1. The molecule has 1 aliphatic carbocycles. The quantitative estimate of drug-likeness (QED) is 0.0718. The SMILES string of the molecule is CCC(CC(CC(C)C(N)=O)C(=O)NCCNC1CCC(CC[Si]OC)CC1O)C(=O)NCCC[n+]1ccn[nH]1. The molecule has 0 spiro atoms. The van der Waals surface area contributed by atoms with Crippen molar-refractivity contribution in [1.29, 1.82) is 0 Å². The first-order valence-corrected chi connectivity index (χ1v) is 15.8. The number of aliphatic hydroxyl groups is 1. The van der Waals surface area contributed by atoms with E-state index in [9.17, 15) is 19.5 Å². The molecule has 1 aromatic rings. The molecule has 2 radical (unpaired) electrons. The molecule has 226 valence electrons. The van der Waals surface area contributed by atoms with Crippen LogP contribution in [0.5, 0.6) is 0 Å². The summed E-state index contributed by atoms with van der Waals surface area (Å²) in [7, 11) is 2.24. The maximum absolute atomic E-state index is 13.2. The topological polar surface area (TPSA) is 175 Å². The molecule has 6 atom stereocenters. The minimum Gasteiger partial charge on any atom is -0.421 e. The number of nitrogens with one attached hydrogen (secondary N) is 4. The molecule has 1 fully saturated rings. The lowest BCUT2D eigenvalue weighted by atomic mass is 9.82. The molecule has 2 rings (SSSR count). The van der Waals surface area contributed by atoms with Crippen molar-refractivity contribution in [1.82, 2.24) is 26.3 Å². The number of aryl methyl sites for hydroxylation is 1. The Morgan fingerprint density at radius 3 is 2.58 bits per heavy atom. The van der Waals surface area contributed by atoms with Crippen molar-refractivity contribution in [3.63, 3.8) is 0 Å². The van der Waals surface area contributed by atoms with Crippen LogP contribution in [0.3, 0.4) is 0 Å². The van der Waals surface area contributed by atoms with Crippen molar-refractivity contribution in [2.45, 2.75) is 89.9 Å². The number of hydrogen-bond acceptors (Lipinski definition) is 7. The molecule has 0 saturated heterocycles. The van der Waals surface area contributed by atoms with Gasteiger partial charge in [0.25, 0.3) is 0 Å². The number of aromatic nitrogens is 3. The molecular formula is C27H50N7O5Si+. The zero-order valence-corrected chi connectivity index (χ0v) is 25.4. The largest absolute Gasteiger partial charge is 0.421 e. The maximum Gasteiger partial charge on any atom is 0.229 e. The molecule has 0 bridgehead atoms. The fraction of sp³-hybridized carbons (Fsp3) is 0.815. The molecule has 40 heavy (non-hydrogen) atoms. The van der Waals surface area contributed by atoms with Crippen LogP contribution in [0.4, 0.5) is 0 Å². The fourth-order valence-corrected chi connectivity index (χ4v) is 6.05. The number of aliphatic hydroxyl groups excluding tert-OH is 1. The third-order valence-corrected chi connectivity index (χ3v) is 8.65. The van der Waals surface area contributed by atoms with Crippen molar-refractivity contribution in [2.75, 3.05) is 26.7 Å². The number of carbonyl (C=O) groups excluding carboxylic acids is 3. The molecule has 0 aliphatic heterocycles. The van der Waals surface area contributed by atoms with Crippen LogP contribution >= 0.6 is 0 Å². The highest BCUT2D eigenvalue weighted by Crippen LogP contribution is 2.28. The van der Waals surface area contributed by atoms with Gasteiger partial charge in [0.15, 0.2) is 6.20 Å². The van der Waals surface area contributed by atoms with Crippen molar-refractivity contribution >= 4 is 27.5 Å². The maximum atomic E-state index is 13.2. The zero-order valence-electron chi connectivity index (χ0n) is 24.4. The normalized spacial score (nSPS) is 21.4. The van der Waals surface area contributed by atoms with Gasteiger partial charge in [0.1, 0.15) is 6.54 Å². The summed E-state index contributed by atoms with van der Waals surface area (Å²) in [5.74, 6) is -1.52. The van der Waals surface area contributed by atoms with Gasteiger partial charge in [-0.15, -0.1) is 0 Å². The second-order valence-electron chi connectivity index (χ2n) is 10.9. The predicted molar refractivity (Wildman–Crippen MR) is 152 cm³/mol. The molecule has 6 unspecified atom stereocenters. The Kier molecular flexibility index (Phi) is 16.0. The summed E-state index contributed by atoms with van der Waals surface area (Å²) in [6, 6.07) is 1.06. The van der Waals surface area contributed by atoms with Crippen molar-refractivity contribution < 1.29 is 28.6 Å². The molecule has 1 aromatic heterocycles. The summed E-state index contributed by atoms with van der Waals surface area (Å²) in [5.41, 5.74) is 5.49. The number of nitrogens with zero attached hydrogens (tertiary/aromatic N) is 2. The van der Waals surface area contributed by atoms with E-state index in [1.165, 1.54) is 0 Å². The van der Waals surface area contributed by atoms with Gasteiger partial charge in [-0.05, 0) is 50.5 Å². The second kappa shape index (κ2) is 18.9. The van der Waals surface area contributed by atoms with Crippen LogP contribution < -0.4 is 26.4 Å². The van der Waals surface area contributed by atoms with Crippen LogP contribution in [0.1, 0.15) is 65.2 Å². The van der Waals surface area contributed by atoms with E-state index in [4.69, 9.17) is 10.2 Å². The van der Waals surface area contributed by atoms with E-state index in [0.717, 1.165) is 38.1 Å². The summed E-state index contributed by atoms with van der Waals surface area (Å²) in [6.07, 6.45) is 8.92. The van der Waals surface area contributed by atoms with Crippen LogP contribution in [-0.4, -0.2) is 81.8 Å². The van der Waals surface area contributed by atoms with Gasteiger partial charge in [0, 0.05) is 62.1 Å². The number of hydrogen-bond donors (Lipinski definition) is 6. The predicted octanol–water partition coefficient (Wildman–Crippen LogP) is 0.0569. The van der Waals surface area contributed by atoms with Crippen LogP contribution in [-0.2, 0) is 25.4 Å². The van der Waals surface area contributed by atoms with Gasteiger partial charge < -0.3 is 31.2 Å². The zero-order chi connectivity index (χ0) is 29.3. The molecule has 0 aromatic carbocycles. The fourth-order valence-electron chi connectivity index (χ4n) is 5.32. The first-order valence-electron chi connectivity index (χ1n) is 14.7. The first-order chi connectivity index (χ1) is 19.2.